The summed E-state index contributed by atoms with van der Waals surface area (Å²) in [4.78, 5) is 11.3. The first-order valence-corrected chi connectivity index (χ1v) is 7.35. The van der Waals surface area contributed by atoms with Crippen LogP contribution in [0.1, 0.15) is 0 Å². The predicted molar refractivity (Wildman–Crippen MR) is 63.3 cm³/mol. The number of ether oxygens (including phenoxy) is 1. The SMILES string of the molecule is O=[N+]([O-])c1c(OC(F)(F)F)ncc(I)c1S(=O)(=O)Cl. The molecule has 0 saturated heterocycles. The van der Waals surface area contributed by atoms with Crippen LogP contribution in [0.25, 0.3) is 0 Å². The van der Waals surface area contributed by atoms with E-state index in [0.717, 1.165) is 0 Å². The Hall–Kier alpha value is -0.890. The molecule has 0 fully saturated rings. The van der Waals surface area contributed by atoms with Crippen molar-refractivity contribution in [3.63, 3.8) is 0 Å². The summed E-state index contributed by atoms with van der Waals surface area (Å²) >= 11 is 1.33. The largest absolute Gasteiger partial charge is 0.574 e. The number of rotatable bonds is 3. The fourth-order valence-electron chi connectivity index (χ4n) is 1.02. The zero-order valence-electron chi connectivity index (χ0n) is 8.31. The Balaban J connectivity index is 3.65. The van der Waals surface area contributed by atoms with Crippen LogP contribution in [0, 0.1) is 13.7 Å². The van der Waals surface area contributed by atoms with Crippen LogP contribution < -0.4 is 4.74 Å². The first-order valence-electron chi connectivity index (χ1n) is 3.97. The van der Waals surface area contributed by atoms with Gasteiger partial charge in [0.1, 0.15) is 0 Å². The van der Waals surface area contributed by atoms with Gasteiger partial charge in [-0.05, 0) is 22.6 Å². The Labute approximate surface area is 121 Å². The molecule has 0 saturated carbocycles. The number of alkyl halides is 3. The number of halogens is 5. The average Bonchev–Trinajstić information content (AvgIpc) is 2.15. The van der Waals surface area contributed by atoms with E-state index < -0.39 is 36.8 Å². The summed E-state index contributed by atoms with van der Waals surface area (Å²) < 4.78 is 61.5. The lowest BCUT2D eigenvalue weighted by molar-refractivity contribution is -0.392. The third kappa shape index (κ3) is 4.04. The van der Waals surface area contributed by atoms with Crippen LogP contribution in [0.4, 0.5) is 18.9 Å². The van der Waals surface area contributed by atoms with Gasteiger partial charge in [-0.3, -0.25) is 10.1 Å². The van der Waals surface area contributed by atoms with Crippen LogP contribution in [0.3, 0.4) is 0 Å². The van der Waals surface area contributed by atoms with Gasteiger partial charge in [-0.25, -0.2) is 13.4 Å². The Morgan fingerprint density at radius 3 is 2.37 bits per heavy atom. The quantitative estimate of drug-likeness (QED) is 0.315. The van der Waals surface area contributed by atoms with Gasteiger partial charge in [0.2, 0.25) is 0 Å². The molecule has 1 aromatic heterocycles. The maximum absolute atomic E-state index is 12.0. The van der Waals surface area contributed by atoms with Gasteiger partial charge in [-0.2, -0.15) is 0 Å². The van der Waals surface area contributed by atoms with Gasteiger partial charge in [0.15, 0.2) is 4.90 Å². The maximum atomic E-state index is 12.0. The summed E-state index contributed by atoms with van der Waals surface area (Å²) in [6.45, 7) is 0. The fourth-order valence-corrected chi connectivity index (χ4v) is 3.82. The molecule has 0 N–H and O–H groups in total. The molecule has 0 aromatic carbocycles. The third-order valence-electron chi connectivity index (χ3n) is 1.57. The molecule has 1 rings (SSSR count). The lowest BCUT2D eigenvalue weighted by Crippen LogP contribution is -2.19. The van der Waals surface area contributed by atoms with Gasteiger partial charge in [0, 0.05) is 16.9 Å². The van der Waals surface area contributed by atoms with Gasteiger partial charge >= 0.3 is 17.9 Å². The van der Waals surface area contributed by atoms with Crippen LogP contribution in [0.5, 0.6) is 5.88 Å². The van der Waals surface area contributed by atoms with Crippen molar-refractivity contribution in [2.24, 2.45) is 0 Å². The first-order chi connectivity index (χ1) is 8.43. The summed E-state index contributed by atoms with van der Waals surface area (Å²) in [7, 11) is 0.303. The molecule has 0 bridgehead atoms. The second-order valence-corrected chi connectivity index (χ2v) is 6.50. The highest BCUT2D eigenvalue weighted by molar-refractivity contribution is 14.1. The number of pyridine rings is 1. The van der Waals surface area contributed by atoms with Crippen molar-refractivity contribution in [2.45, 2.75) is 11.3 Å². The van der Waals surface area contributed by atoms with Crippen LogP contribution in [-0.4, -0.2) is 24.7 Å². The molecule has 106 valence electrons. The molecule has 0 aliphatic heterocycles. The smallest absolute Gasteiger partial charge is 0.381 e. The van der Waals surface area contributed by atoms with Crippen LogP contribution in [0.15, 0.2) is 11.1 Å². The van der Waals surface area contributed by atoms with E-state index in [2.05, 4.69) is 9.72 Å². The van der Waals surface area contributed by atoms with E-state index in [-0.39, 0.29) is 3.57 Å². The van der Waals surface area contributed by atoms with E-state index in [0.29, 0.717) is 6.20 Å². The van der Waals surface area contributed by atoms with Crippen LogP contribution in [-0.2, 0) is 9.05 Å². The minimum Gasteiger partial charge on any atom is -0.381 e. The van der Waals surface area contributed by atoms with E-state index in [9.17, 15) is 31.7 Å². The zero-order valence-corrected chi connectivity index (χ0v) is 12.0. The highest BCUT2D eigenvalue weighted by Crippen LogP contribution is 2.38. The summed E-state index contributed by atoms with van der Waals surface area (Å²) in [5.41, 5.74) is -1.47. The standard InChI is InChI=1S/C6HClF3IN2O5S/c7-19(16,17)4-2(11)1-12-5(3(4)13(14)15)18-6(8,9)10/h1H. The number of nitrogens with zero attached hydrogens (tertiary/aromatic N) is 2. The summed E-state index contributed by atoms with van der Waals surface area (Å²) in [5.74, 6) is -1.50. The average molecular weight is 433 g/mol. The molecule has 0 amide bonds. The Kier molecular flexibility index (Phi) is 4.46. The van der Waals surface area contributed by atoms with Crippen molar-refractivity contribution in [2.75, 3.05) is 0 Å². The van der Waals surface area contributed by atoms with E-state index in [1.54, 1.807) is 0 Å². The molecule has 7 nitrogen and oxygen atoms in total. The summed E-state index contributed by atoms with van der Waals surface area (Å²) in [6, 6.07) is 0. The molecule has 1 heterocycles. The number of hydrogen-bond acceptors (Lipinski definition) is 6. The number of nitro groups is 1. The van der Waals surface area contributed by atoms with Crippen LogP contribution >= 0.6 is 33.3 Å². The lowest BCUT2D eigenvalue weighted by Gasteiger charge is -2.10. The Morgan fingerprint density at radius 1 is 1.47 bits per heavy atom. The molecule has 0 radical (unpaired) electrons. The van der Waals surface area contributed by atoms with Gasteiger partial charge in [-0.15, -0.1) is 13.2 Å². The molecule has 19 heavy (non-hydrogen) atoms. The lowest BCUT2D eigenvalue weighted by atomic mass is 10.4. The highest BCUT2D eigenvalue weighted by Gasteiger charge is 2.39. The van der Waals surface area contributed by atoms with E-state index in [1.165, 1.54) is 22.6 Å². The summed E-state index contributed by atoms with van der Waals surface area (Å²) in [6.07, 6.45) is -4.61. The zero-order chi connectivity index (χ0) is 15.0. The topological polar surface area (TPSA) is 99.4 Å². The monoisotopic (exact) mass is 432 g/mol. The predicted octanol–water partition coefficient (Wildman–Crippen LogP) is 2.42. The fraction of sp³-hybridized carbons (Fsp3) is 0.167. The Bertz CT molecular complexity index is 634. The Morgan fingerprint density at radius 2 is 2.00 bits per heavy atom. The highest BCUT2D eigenvalue weighted by atomic mass is 127. The molecule has 0 unspecified atom stereocenters. The molecule has 0 aliphatic carbocycles. The molecule has 0 aliphatic rings. The minimum atomic E-state index is -5.27. The molecular weight excluding hydrogens is 431 g/mol. The number of hydrogen-bond donors (Lipinski definition) is 0. The van der Waals surface area contributed by atoms with Crippen molar-refractivity contribution in [3.8, 4) is 5.88 Å². The normalized spacial score (nSPS) is 12.3. The maximum Gasteiger partial charge on any atom is 0.574 e. The van der Waals surface area contributed by atoms with E-state index in [4.69, 9.17) is 10.7 Å². The molecule has 0 atom stereocenters. The van der Waals surface area contributed by atoms with Crippen molar-refractivity contribution in [1.82, 2.24) is 4.98 Å². The van der Waals surface area contributed by atoms with E-state index >= 15 is 0 Å². The van der Waals surface area contributed by atoms with Crippen molar-refractivity contribution >= 4 is 48.0 Å². The molecular formula is C6HClF3IN2O5S. The minimum absolute atomic E-state index is 0.311. The van der Waals surface area contributed by atoms with Gasteiger partial charge in [-0.1, -0.05) is 0 Å². The second kappa shape index (κ2) is 5.24. The third-order valence-corrected chi connectivity index (χ3v) is 4.12. The second-order valence-electron chi connectivity index (χ2n) is 2.83. The number of aromatic nitrogens is 1. The van der Waals surface area contributed by atoms with Crippen molar-refractivity contribution < 1.29 is 31.2 Å². The van der Waals surface area contributed by atoms with Gasteiger partial charge < -0.3 is 4.74 Å². The van der Waals surface area contributed by atoms with Crippen LogP contribution in [0.2, 0.25) is 0 Å². The molecule has 13 heteroatoms. The van der Waals surface area contributed by atoms with Gasteiger partial charge in [0.25, 0.3) is 9.05 Å². The summed E-state index contributed by atoms with van der Waals surface area (Å²) in [5, 5.41) is 10.7. The van der Waals surface area contributed by atoms with Crippen molar-refractivity contribution in [3.05, 3.63) is 19.9 Å². The first kappa shape index (κ1) is 16.2. The van der Waals surface area contributed by atoms with E-state index in [1.807, 2.05) is 0 Å². The van der Waals surface area contributed by atoms with Crippen molar-refractivity contribution in [1.29, 1.82) is 0 Å². The molecule has 0 spiro atoms. The molecule has 1 aromatic rings. The van der Waals surface area contributed by atoms with Gasteiger partial charge in [0.05, 0.1) is 8.49 Å².